The Morgan fingerprint density at radius 2 is 2.00 bits per heavy atom. The summed E-state index contributed by atoms with van der Waals surface area (Å²) in [6.45, 7) is 2.22. The van der Waals surface area contributed by atoms with Crippen molar-refractivity contribution in [2.45, 2.75) is 0 Å². The summed E-state index contributed by atoms with van der Waals surface area (Å²) in [5.74, 6) is -0.865. The summed E-state index contributed by atoms with van der Waals surface area (Å²) >= 11 is 5.78. The smallest absolute Gasteiger partial charge is 0.317 e. The van der Waals surface area contributed by atoms with Crippen molar-refractivity contribution in [2.24, 2.45) is 0 Å². The highest BCUT2D eigenvalue weighted by Crippen LogP contribution is 2.31. The number of aliphatic carboxylic acids is 1. The lowest BCUT2D eigenvalue weighted by Crippen LogP contribution is -2.48. The van der Waals surface area contributed by atoms with Crippen LogP contribution in [0, 0.1) is 10.1 Å². The number of rotatable bonds is 4. The van der Waals surface area contributed by atoms with E-state index in [-0.39, 0.29) is 12.2 Å². The molecule has 1 fully saturated rings. The maximum Gasteiger partial charge on any atom is 0.317 e. The molecule has 1 N–H and O–H groups in total. The van der Waals surface area contributed by atoms with Gasteiger partial charge in [0.25, 0.3) is 5.69 Å². The molecule has 8 heteroatoms. The van der Waals surface area contributed by atoms with E-state index < -0.39 is 10.9 Å². The van der Waals surface area contributed by atoms with E-state index in [0.717, 1.165) is 0 Å². The standard InChI is InChI=1S/C12H14ClN3O4/c13-9-1-2-10(11(7-9)16(19)20)15-5-3-14(4-6-15)8-12(17)18/h1-2,7H,3-6,8H2,(H,17,18). The van der Waals surface area contributed by atoms with Gasteiger partial charge in [0.05, 0.1) is 11.5 Å². The van der Waals surface area contributed by atoms with Gasteiger partial charge in [-0.15, -0.1) is 0 Å². The predicted molar refractivity (Wildman–Crippen MR) is 74.4 cm³/mol. The van der Waals surface area contributed by atoms with E-state index in [4.69, 9.17) is 16.7 Å². The summed E-state index contributed by atoms with van der Waals surface area (Å²) in [5.41, 5.74) is 0.499. The van der Waals surface area contributed by atoms with Gasteiger partial charge >= 0.3 is 5.97 Å². The highest BCUT2D eigenvalue weighted by Gasteiger charge is 2.24. The molecule has 0 spiro atoms. The van der Waals surface area contributed by atoms with Crippen molar-refractivity contribution in [3.63, 3.8) is 0 Å². The highest BCUT2D eigenvalue weighted by atomic mass is 35.5. The number of carboxylic acids is 1. The van der Waals surface area contributed by atoms with E-state index in [1.54, 1.807) is 17.0 Å². The molecule has 1 aliphatic rings. The van der Waals surface area contributed by atoms with Crippen LogP contribution >= 0.6 is 11.6 Å². The van der Waals surface area contributed by atoms with E-state index in [2.05, 4.69) is 0 Å². The van der Waals surface area contributed by atoms with Gasteiger partial charge in [-0.25, -0.2) is 0 Å². The quantitative estimate of drug-likeness (QED) is 0.669. The van der Waals surface area contributed by atoms with E-state index in [1.165, 1.54) is 6.07 Å². The van der Waals surface area contributed by atoms with Crippen LogP contribution in [0.5, 0.6) is 0 Å². The first kappa shape index (κ1) is 14.5. The predicted octanol–water partition coefficient (Wildman–Crippen LogP) is 1.45. The van der Waals surface area contributed by atoms with Gasteiger partial charge in [-0.3, -0.25) is 19.8 Å². The van der Waals surface area contributed by atoms with E-state index in [0.29, 0.717) is 36.9 Å². The van der Waals surface area contributed by atoms with Gasteiger partial charge in [0, 0.05) is 37.3 Å². The van der Waals surface area contributed by atoms with Gasteiger partial charge in [0.2, 0.25) is 0 Å². The lowest BCUT2D eigenvalue weighted by molar-refractivity contribution is -0.384. The third-order valence-electron chi connectivity index (χ3n) is 3.21. The van der Waals surface area contributed by atoms with E-state index in [9.17, 15) is 14.9 Å². The molecular formula is C12H14ClN3O4. The summed E-state index contributed by atoms with van der Waals surface area (Å²) in [7, 11) is 0. The molecule has 0 saturated carbocycles. The molecule has 1 saturated heterocycles. The Balaban J connectivity index is 2.11. The number of carbonyl (C=O) groups is 1. The number of hydrogen-bond donors (Lipinski definition) is 1. The molecule has 1 aromatic rings. The minimum absolute atomic E-state index is 0.00342. The normalized spacial score (nSPS) is 16.1. The Hall–Kier alpha value is -1.86. The second-order valence-electron chi connectivity index (χ2n) is 4.55. The van der Waals surface area contributed by atoms with Gasteiger partial charge in [-0.05, 0) is 12.1 Å². The molecule has 0 aliphatic carbocycles. The number of carboxylic acid groups (broad SMARTS) is 1. The molecule has 1 aromatic carbocycles. The van der Waals surface area contributed by atoms with Crippen molar-refractivity contribution < 1.29 is 14.8 Å². The van der Waals surface area contributed by atoms with Gasteiger partial charge in [0.15, 0.2) is 0 Å². The third kappa shape index (κ3) is 3.37. The molecule has 0 bridgehead atoms. The zero-order chi connectivity index (χ0) is 14.7. The molecule has 2 rings (SSSR count). The number of halogens is 1. The lowest BCUT2D eigenvalue weighted by Gasteiger charge is -2.34. The summed E-state index contributed by atoms with van der Waals surface area (Å²) in [5, 5.41) is 20.1. The van der Waals surface area contributed by atoms with Crippen molar-refractivity contribution >= 4 is 28.9 Å². The van der Waals surface area contributed by atoms with Crippen molar-refractivity contribution in [3.8, 4) is 0 Å². The summed E-state index contributed by atoms with van der Waals surface area (Å²) < 4.78 is 0. The topological polar surface area (TPSA) is 86.9 Å². The first-order chi connectivity index (χ1) is 9.47. The molecule has 0 atom stereocenters. The molecule has 0 unspecified atom stereocenters. The van der Waals surface area contributed by atoms with Crippen LogP contribution in [0.3, 0.4) is 0 Å². The molecule has 0 radical (unpaired) electrons. The van der Waals surface area contributed by atoms with Crippen LogP contribution in [-0.4, -0.2) is 53.6 Å². The molecule has 20 heavy (non-hydrogen) atoms. The maximum atomic E-state index is 11.1. The molecule has 1 aliphatic heterocycles. The molecule has 1 heterocycles. The summed E-state index contributed by atoms with van der Waals surface area (Å²) in [6.07, 6.45) is 0. The number of nitrogens with zero attached hydrogens (tertiary/aromatic N) is 3. The van der Waals surface area contributed by atoms with Gasteiger partial charge in [-0.1, -0.05) is 11.6 Å². The van der Waals surface area contributed by atoms with E-state index >= 15 is 0 Å². The van der Waals surface area contributed by atoms with Crippen LogP contribution in [0.1, 0.15) is 0 Å². The highest BCUT2D eigenvalue weighted by molar-refractivity contribution is 6.30. The summed E-state index contributed by atoms with van der Waals surface area (Å²) in [6, 6.07) is 4.58. The molecule has 108 valence electrons. The van der Waals surface area contributed by atoms with Crippen LogP contribution < -0.4 is 4.90 Å². The molecule has 0 amide bonds. The average Bonchev–Trinajstić information content (AvgIpc) is 2.39. The van der Waals surface area contributed by atoms with Crippen molar-refractivity contribution in [2.75, 3.05) is 37.6 Å². The molecular weight excluding hydrogens is 286 g/mol. The zero-order valence-corrected chi connectivity index (χ0v) is 11.4. The monoisotopic (exact) mass is 299 g/mol. The Kier molecular flexibility index (Phi) is 4.41. The SMILES string of the molecule is O=C(O)CN1CCN(c2ccc(Cl)cc2[N+](=O)[O-])CC1. The fraction of sp³-hybridized carbons (Fsp3) is 0.417. The second kappa shape index (κ2) is 6.06. The van der Waals surface area contributed by atoms with E-state index in [1.807, 2.05) is 4.90 Å². The Morgan fingerprint density at radius 3 is 2.55 bits per heavy atom. The minimum atomic E-state index is -0.865. The number of benzene rings is 1. The Morgan fingerprint density at radius 1 is 1.35 bits per heavy atom. The van der Waals surface area contributed by atoms with Crippen LogP contribution in [0.2, 0.25) is 5.02 Å². The van der Waals surface area contributed by atoms with Crippen LogP contribution in [-0.2, 0) is 4.79 Å². The first-order valence-corrected chi connectivity index (χ1v) is 6.48. The average molecular weight is 300 g/mol. The third-order valence-corrected chi connectivity index (χ3v) is 3.44. The fourth-order valence-corrected chi connectivity index (χ4v) is 2.41. The van der Waals surface area contributed by atoms with Crippen LogP contribution in [0.25, 0.3) is 0 Å². The number of piperazine rings is 1. The van der Waals surface area contributed by atoms with Gasteiger partial charge in [0.1, 0.15) is 5.69 Å². The minimum Gasteiger partial charge on any atom is -0.480 e. The second-order valence-corrected chi connectivity index (χ2v) is 4.98. The van der Waals surface area contributed by atoms with Gasteiger partial charge < -0.3 is 10.0 Å². The van der Waals surface area contributed by atoms with Gasteiger partial charge in [-0.2, -0.15) is 0 Å². The number of nitro groups is 1. The largest absolute Gasteiger partial charge is 0.480 e. The van der Waals surface area contributed by atoms with Crippen molar-refractivity contribution in [1.29, 1.82) is 0 Å². The summed E-state index contributed by atoms with van der Waals surface area (Å²) in [4.78, 5) is 24.9. The number of anilines is 1. The first-order valence-electron chi connectivity index (χ1n) is 6.10. The van der Waals surface area contributed by atoms with Crippen molar-refractivity contribution in [1.82, 2.24) is 4.90 Å². The zero-order valence-electron chi connectivity index (χ0n) is 10.7. The molecule has 0 aromatic heterocycles. The number of hydrogen-bond acceptors (Lipinski definition) is 5. The lowest BCUT2D eigenvalue weighted by atomic mass is 10.2. The van der Waals surface area contributed by atoms with Crippen LogP contribution in [0.4, 0.5) is 11.4 Å². The Labute approximate surface area is 120 Å². The maximum absolute atomic E-state index is 11.1. The van der Waals surface area contributed by atoms with Crippen molar-refractivity contribution in [3.05, 3.63) is 33.3 Å². The Bertz CT molecular complexity index is 529. The van der Waals surface area contributed by atoms with Crippen LogP contribution in [0.15, 0.2) is 18.2 Å². The number of nitro benzene ring substituents is 1. The fourth-order valence-electron chi connectivity index (χ4n) is 2.25. The molecule has 7 nitrogen and oxygen atoms in total.